The van der Waals surface area contributed by atoms with E-state index in [2.05, 4.69) is 5.10 Å². The highest BCUT2D eigenvalue weighted by molar-refractivity contribution is 4.68. The molecule has 0 saturated heterocycles. The number of aromatic nitrogens is 3. The predicted molar refractivity (Wildman–Crippen MR) is 36.2 cm³/mol. The van der Waals surface area contributed by atoms with Crippen LogP contribution in [0.4, 0.5) is 0 Å². The normalized spacial score (nSPS) is 9.91. The molecule has 0 aliphatic carbocycles. The van der Waals surface area contributed by atoms with Crippen molar-refractivity contribution in [3.05, 3.63) is 27.0 Å². The average Bonchev–Trinajstić information content (AvgIpc) is 1.95. The molecule has 0 fully saturated rings. The molecule has 1 heterocycles. The number of aliphatic hydroxyl groups excluding tert-OH is 1. The topological polar surface area (TPSA) is 88.0 Å². The summed E-state index contributed by atoms with van der Waals surface area (Å²) in [6.45, 7) is -0.0887. The first-order valence-electron chi connectivity index (χ1n) is 3.01. The van der Waals surface area contributed by atoms with Crippen LogP contribution in [-0.2, 0) is 6.54 Å². The van der Waals surface area contributed by atoms with Crippen molar-refractivity contribution in [2.24, 2.45) is 0 Å². The fourth-order valence-corrected chi connectivity index (χ4v) is 0.631. The first-order valence-corrected chi connectivity index (χ1v) is 3.01. The Labute approximate surface area is 61.1 Å². The molecule has 0 aliphatic rings. The molecular formula is C5H7N3O3. The molecule has 2 N–H and O–H groups in total. The van der Waals surface area contributed by atoms with E-state index in [1.165, 1.54) is 0 Å². The van der Waals surface area contributed by atoms with Crippen LogP contribution in [-0.4, -0.2) is 26.5 Å². The van der Waals surface area contributed by atoms with Crippen molar-refractivity contribution in [1.29, 1.82) is 0 Å². The third-order valence-corrected chi connectivity index (χ3v) is 1.09. The van der Waals surface area contributed by atoms with E-state index in [0.29, 0.717) is 0 Å². The standard InChI is InChI=1S/C5H7N3O3/c9-2-1-8-5(11)7-4(10)3-6-8/h3,9H,1-2H2,(H,7,10,11). The first-order chi connectivity index (χ1) is 5.24. The first kappa shape index (κ1) is 7.67. The van der Waals surface area contributed by atoms with Gasteiger partial charge in [0.1, 0.15) is 6.20 Å². The predicted octanol–water partition coefficient (Wildman–Crippen LogP) is -2.08. The van der Waals surface area contributed by atoms with Crippen molar-refractivity contribution >= 4 is 0 Å². The van der Waals surface area contributed by atoms with Crippen molar-refractivity contribution < 1.29 is 5.11 Å². The van der Waals surface area contributed by atoms with Gasteiger partial charge < -0.3 is 5.11 Å². The number of rotatable bonds is 2. The van der Waals surface area contributed by atoms with E-state index >= 15 is 0 Å². The molecule has 1 rings (SSSR count). The van der Waals surface area contributed by atoms with Gasteiger partial charge in [0.15, 0.2) is 0 Å². The third kappa shape index (κ3) is 1.74. The summed E-state index contributed by atoms with van der Waals surface area (Å²) in [6.07, 6.45) is 0.983. The molecule has 0 aliphatic heterocycles. The third-order valence-electron chi connectivity index (χ3n) is 1.09. The summed E-state index contributed by atoms with van der Waals surface area (Å²) in [5.41, 5.74) is -1.14. The highest BCUT2D eigenvalue weighted by Crippen LogP contribution is 1.66. The van der Waals surface area contributed by atoms with Crippen molar-refractivity contribution in [2.45, 2.75) is 6.54 Å². The number of hydrogen-bond acceptors (Lipinski definition) is 4. The molecule has 0 spiro atoms. The molecule has 0 atom stereocenters. The SMILES string of the molecule is O=c1cnn(CCO)c(=O)[nH]1. The summed E-state index contributed by atoms with van der Waals surface area (Å²) < 4.78 is 0.974. The van der Waals surface area contributed by atoms with Crippen LogP contribution >= 0.6 is 0 Å². The summed E-state index contributed by atoms with van der Waals surface area (Å²) in [6, 6.07) is 0. The van der Waals surface area contributed by atoms with Crippen LogP contribution in [0.25, 0.3) is 0 Å². The van der Waals surface area contributed by atoms with Gasteiger partial charge in [0.25, 0.3) is 5.56 Å². The Morgan fingerprint density at radius 3 is 2.91 bits per heavy atom. The van der Waals surface area contributed by atoms with E-state index in [0.717, 1.165) is 10.9 Å². The molecule has 1 aromatic rings. The number of aliphatic hydroxyl groups is 1. The maximum Gasteiger partial charge on any atom is 0.344 e. The van der Waals surface area contributed by atoms with Crippen LogP contribution in [0, 0.1) is 0 Å². The van der Waals surface area contributed by atoms with Gasteiger partial charge in [-0.25, -0.2) is 9.48 Å². The van der Waals surface area contributed by atoms with Crippen molar-refractivity contribution in [1.82, 2.24) is 14.8 Å². The number of nitrogens with one attached hydrogen (secondary N) is 1. The van der Waals surface area contributed by atoms with Crippen LogP contribution in [0.3, 0.4) is 0 Å². The minimum Gasteiger partial charge on any atom is -0.394 e. The molecule has 6 nitrogen and oxygen atoms in total. The Morgan fingerprint density at radius 2 is 2.36 bits per heavy atom. The van der Waals surface area contributed by atoms with Gasteiger partial charge in [-0.05, 0) is 0 Å². The Bertz CT molecular complexity index is 339. The zero-order chi connectivity index (χ0) is 8.27. The molecule has 60 valence electrons. The Hall–Kier alpha value is -1.43. The maximum absolute atomic E-state index is 10.8. The van der Waals surface area contributed by atoms with Crippen LogP contribution in [0.2, 0.25) is 0 Å². The van der Waals surface area contributed by atoms with E-state index in [4.69, 9.17) is 5.11 Å². The second-order valence-electron chi connectivity index (χ2n) is 1.89. The van der Waals surface area contributed by atoms with Crippen molar-refractivity contribution in [3.63, 3.8) is 0 Å². The summed E-state index contributed by atoms with van der Waals surface area (Å²) in [5.74, 6) is 0. The van der Waals surface area contributed by atoms with E-state index < -0.39 is 11.2 Å². The van der Waals surface area contributed by atoms with Crippen molar-refractivity contribution in [3.8, 4) is 0 Å². The van der Waals surface area contributed by atoms with E-state index in [9.17, 15) is 9.59 Å². The van der Waals surface area contributed by atoms with Crippen LogP contribution in [0.5, 0.6) is 0 Å². The molecule has 0 bridgehead atoms. The second-order valence-corrected chi connectivity index (χ2v) is 1.89. The van der Waals surface area contributed by atoms with Crippen LogP contribution in [0.15, 0.2) is 15.8 Å². The number of hydrogen-bond donors (Lipinski definition) is 2. The zero-order valence-electron chi connectivity index (χ0n) is 5.65. The molecular weight excluding hydrogens is 150 g/mol. The Kier molecular flexibility index (Phi) is 2.17. The second kappa shape index (κ2) is 3.11. The van der Waals surface area contributed by atoms with E-state index in [1.54, 1.807) is 0 Å². The average molecular weight is 157 g/mol. The van der Waals surface area contributed by atoms with Crippen LogP contribution < -0.4 is 11.2 Å². The molecule has 11 heavy (non-hydrogen) atoms. The van der Waals surface area contributed by atoms with Gasteiger partial charge in [-0.2, -0.15) is 5.10 Å². The fourth-order valence-electron chi connectivity index (χ4n) is 0.631. The van der Waals surface area contributed by atoms with E-state index in [1.807, 2.05) is 4.98 Å². The zero-order valence-corrected chi connectivity index (χ0v) is 5.65. The molecule has 0 unspecified atom stereocenters. The molecule has 0 amide bonds. The highest BCUT2D eigenvalue weighted by atomic mass is 16.3. The van der Waals surface area contributed by atoms with Crippen molar-refractivity contribution in [2.75, 3.05) is 6.61 Å². The summed E-state index contributed by atoms with van der Waals surface area (Å²) in [7, 11) is 0. The Balaban J connectivity index is 3.10. The van der Waals surface area contributed by atoms with Gasteiger partial charge in [0, 0.05) is 0 Å². The maximum atomic E-state index is 10.8. The lowest BCUT2D eigenvalue weighted by Gasteiger charge is -1.96. The number of aromatic amines is 1. The quantitative estimate of drug-likeness (QED) is 0.516. The monoisotopic (exact) mass is 157 g/mol. The minimum absolute atomic E-state index is 0.0929. The summed E-state index contributed by atoms with van der Waals surface area (Å²) >= 11 is 0. The van der Waals surface area contributed by atoms with Gasteiger partial charge in [-0.3, -0.25) is 9.78 Å². The summed E-state index contributed by atoms with van der Waals surface area (Å²) in [5, 5.41) is 11.9. The highest BCUT2D eigenvalue weighted by Gasteiger charge is 1.94. The smallest absolute Gasteiger partial charge is 0.344 e. The van der Waals surface area contributed by atoms with Gasteiger partial charge in [0.2, 0.25) is 0 Å². The molecule has 1 aromatic heterocycles. The largest absolute Gasteiger partial charge is 0.394 e. The number of nitrogens with zero attached hydrogens (tertiary/aromatic N) is 2. The van der Waals surface area contributed by atoms with Gasteiger partial charge in [0.05, 0.1) is 13.2 Å². The Morgan fingerprint density at radius 1 is 1.64 bits per heavy atom. The van der Waals surface area contributed by atoms with Gasteiger partial charge in [-0.15, -0.1) is 0 Å². The molecule has 0 aromatic carbocycles. The minimum atomic E-state index is -0.605. The molecule has 6 heteroatoms. The summed E-state index contributed by atoms with van der Waals surface area (Å²) in [4.78, 5) is 23.2. The lowest BCUT2D eigenvalue weighted by Crippen LogP contribution is -2.32. The molecule has 0 radical (unpaired) electrons. The van der Waals surface area contributed by atoms with Crippen LogP contribution in [0.1, 0.15) is 0 Å². The number of H-pyrrole nitrogens is 1. The lowest BCUT2D eigenvalue weighted by molar-refractivity contribution is 0.264. The molecule has 0 saturated carbocycles. The lowest BCUT2D eigenvalue weighted by atomic mass is 10.7. The van der Waals surface area contributed by atoms with Gasteiger partial charge in [-0.1, -0.05) is 0 Å². The van der Waals surface area contributed by atoms with Gasteiger partial charge >= 0.3 is 5.69 Å². The van der Waals surface area contributed by atoms with E-state index in [-0.39, 0.29) is 13.2 Å². The fraction of sp³-hybridized carbons (Fsp3) is 0.400.